The second-order valence-electron chi connectivity index (χ2n) is 25.3. The third kappa shape index (κ3) is 18.1. The van der Waals surface area contributed by atoms with Gasteiger partial charge in [0.15, 0.2) is 50.3 Å². The molecule has 0 aliphatic carbocycles. The number of aliphatic hydroxyl groups is 21. The van der Waals surface area contributed by atoms with E-state index in [0.717, 1.165) is 27.7 Å². The molecule has 0 aromatic rings. The highest BCUT2D eigenvalue weighted by Crippen LogP contribution is 2.40. The van der Waals surface area contributed by atoms with Crippen LogP contribution in [0, 0.1) is 0 Å². The fourth-order valence-electron chi connectivity index (χ4n) is 12.9. The summed E-state index contributed by atoms with van der Waals surface area (Å²) in [4.78, 5) is 50.9. The van der Waals surface area contributed by atoms with Crippen LogP contribution in [0.2, 0.25) is 0 Å². The number of hydrogen-bond acceptors (Lipinski definition) is 40. The van der Waals surface area contributed by atoms with Crippen LogP contribution >= 0.6 is 0 Å². The van der Waals surface area contributed by atoms with Gasteiger partial charge in [-0.2, -0.15) is 0 Å². The third-order valence-electron chi connectivity index (χ3n) is 18.2. The van der Waals surface area contributed by atoms with Crippen LogP contribution in [0.3, 0.4) is 0 Å². The first-order valence-corrected chi connectivity index (χ1v) is 32.0. The van der Waals surface area contributed by atoms with Crippen LogP contribution in [0.5, 0.6) is 0 Å². The summed E-state index contributed by atoms with van der Waals surface area (Å²) in [6.07, 6.45) is -72.5. The molecule has 44 nitrogen and oxygen atoms in total. The molecule has 8 saturated heterocycles. The summed E-state index contributed by atoms with van der Waals surface area (Å²) in [6.45, 7) is -2.18. The Labute approximate surface area is 567 Å². The molecule has 8 fully saturated rings. The first-order chi connectivity index (χ1) is 47.2. The largest absolute Gasteiger partial charge is 0.394 e. The second kappa shape index (κ2) is 35.7. The number of hydrogen-bond donors (Lipinski definition) is 25. The Kier molecular flexibility index (Phi) is 29.3. The van der Waals surface area contributed by atoms with Crippen molar-refractivity contribution < 1.29 is 197 Å². The first kappa shape index (κ1) is 82.1. The van der Waals surface area contributed by atoms with E-state index in [4.69, 9.17) is 71.1 Å². The van der Waals surface area contributed by atoms with Gasteiger partial charge in [-0.05, 0) is 6.92 Å². The average molecular weight is 1460 g/mol. The van der Waals surface area contributed by atoms with Gasteiger partial charge in [-0.3, -0.25) is 19.2 Å². The molecule has 8 rings (SSSR count). The van der Waals surface area contributed by atoms with Crippen LogP contribution in [-0.4, -0.2) is 423 Å². The van der Waals surface area contributed by atoms with Crippen molar-refractivity contribution in [3.63, 3.8) is 0 Å². The van der Waals surface area contributed by atoms with Gasteiger partial charge in [-0.15, -0.1) is 0 Å². The highest BCUT2D eigenvalue weighted by Gasteiger charge is 2.61. The van der Waals surface area contributed by atoms with E-state index in [2.05, 4.69) is 21.3 Å². The maximum Gasteiger partial charge on any atom is 0.217 e. The van der Waals surface area contributed by atoms with Gasteiger partial charge in [0.1, 0.15) is 189 Å². The van der Waals surface area contributed by atoms with Crippen LogP contribution in [0.15, 0.2) is 0 Å². The van der Waals surface area contributed by atoms with Gasteiger partial charge < -0.3 is 200 Å². The zero-order valence-corrected chi connectivity index (χ0v) is 54.2. The maximum absolute atomic E-state index is 13.4. The van der Waals surface area contributed by atoms with Crippen molar-refractivity contribution in [2.24, 2.45) is 0 Å². The van der Waals surface area contributed by atoms with Crippen molar-refractivity contribution in [2.75, 3.05) is 46.2 Å². The Bertz CT molecular complexity index is 2620. The predicted molar refractivity (Wildman–Crippen MR) is 309 cm³/mol. The lowest BCUT2D eigenvalue weighted by Gasteiger charge is -2.52. The van der Waals surface area contributed by atoms with Gasteiger partial charge in [-0.25, -0.2) is 0 Å². The molecule has 8 heterocycles. The standard InChI is InChI=1S/C56H94N4O40/c1-13-29(71)37(79)41(83)54(87-13)98-46-28(60-17(5)70)52(93-23(11-66)45(46)97-50-26(58-15(3)68)34(76)30(72)18(6-61)89-50)100-48-39(81)32(74)20(8-63)91-56(48)99-47-33(75)24(12-86-53-40(82)38(80)31(73)19(7-62)90-53)94-55(42(47)84)96-44-22(10-65)92-51(27(36(44)78)59-16(4)69)95-43-21(9-64)88-49(85)25(35(43)77)57-14(2)67/h13,18-56,61-66,71-85H,6-12H2,1-5H3,(H,57,67)(H,58,68)(H,59,69)(H,60,70)/t13-,18-,19+,20-,21+,22+,23+,24-,25-,26+,27-,28+,29+,30-,31+,32-,33+,34+,35-,36-,37-,38+,39?,40+,41+,42-,43+,44+,45+,46-,47+,48+,49?,50+,51-,52+,53-,54-,55+,56-/m0/s1. The minimum Gasteiger partial charge on any atom is -0.394 e. The molecular weight excluding hydrogens is 1370 g/mol. The summed E-state index contributed by atoms with van der Waals surface area (Å²) in [5.41, 5.74) is 0. The van der Waals surface area contributed by atoms with E-state index in [0.29, 0.717) is 0 Å². The second-order valence-corrected chi connectivity index (χ2v) is 25.3. The monoisotopic (exact) mass is 1460 g/mol. The number of amides is 4. The molecule has 0 spiro atoms. The molecule has 4 amide bonds. The SMILES string of the molecule is CC(=O)N[C@@H]1[C@H](O[C@H]2[C@@H](O)[C@H](NC(C)=O)C(O)O[C@@H]2CO)O[C@H](CO)[C@@H](O[C@H]2O[C@@H](CO[C@H]3O[C@H](CO)[C@@H](O)[C@@H](O)[C@H]3O)[C@@H](O)[C@@H](O[C@@H]3O[C@@H](CO)[C@H](O)C(O)[C@H]3O[C@H]3O[C@H](CO)[C@@H](O[C@H]4O[C@@H](CO)[C@H](O)[C@H](O)[C@H]4NC(C)=O)[C@@H](O[C@@H]4O[C@@H](C)[C@@H](O)[C@H](O)[C@H]4O)[C@H]3NC(C)=O)[C@@H]2O)[C@H]1O. The van der Waals surface area contributed by atoms with E-state index in [1.807, 2.05) is 0 Å². The Morgan fingerprint density at radius 2 is 0.630 bits per heavy atom. The third-order valence-corrected chi connectivity index (χ3v) is 18.2. The van der Waals surface area contributed by atoms with Crippen molar-refractivity contribution in [3.8, 4) is 0 Å². The van der Waals surface area contributed by atoms with Gasteiger partial charge in [0, 0.05) is 27.7 Å². The Balaban J connectivity index is 1.15. The molecule has 0 aromatic carbocycles. The molecule has 0 saturated carbocycles. The molecule has 100 heavy (non-hydrogen) atoms. The van der Waals surface area contributed by atoms with E-state index >= 15 is 0 Å². The normalized spacial score (nSPS) is 48.7. The summed E-state index contributed by atoms with van der Waals surface area (Å²) in [5, 5.41) is 242. The lowest BCUT2D eigenvalue weighted by Crippen LogP contribution is -2.72. The summed E-state index contributed by atoms with van der Waals surface area (Å²) in [7, 11) is 0. The molecule has 0 aromatic heterocycles. The van der Waals surface area contributed by atoms with Crippen LogP contribution in [0.4, 0.5) is 0 Å². The Morgan fingerprint density at radius 1 is 0.280 bits per heavy atom. The number of aliphatic hydroxyl groups excluding tert-OH is 21. The smallest absolute Gasteiger partial charge is 0.217 e. The van der Waals surface area contributed by atoms with Gasteiger partial charge >= 0.3 is 0 Å². The van der Waals surface area contributed by atoms with E-state index in [9.17, 15) is 126 Å². The fraction of sp³-hybridized carbons (Fsp3) is 0.929. The van der Waals surface area contributed by atoms with Gasteiger partial charge in [0.05, 0.1) is 52.4 Å². The van der Waals surface area contributed by atoms with Crippen molar-refractivity contribution in [3.05, 3.63) is 0 Å². The van der Waals surface area contributed by atoms with E-state index in [1.54, 1.807) is 0 Å². The van der Waals surface area contributed by atoms with Crippen molar-refractivity contribution in [1.29, 1.82) is 0 Å². The molecule has 40 atom stereocenters. The minimum absolute atomic E-state index is 0.759. The number of carbonyl (C=O) groups is 4. The number of carbonyl (C=O) groups excluding carboxylic acids is 4. The molecule has 8 aliphatic heterocycles. The summed E-state index contributed by atoms with van der Waals surface area (Å²) in [6, 6.07) is -7.18. The molecule has 0 radical (unpaired) electrons. The molecule has 2 unspecified atom stereocenters. The molecular formula is C56H94N4O40. The summed E-state index contributed by atoms with van der Waals surface area (Å²) in [5.74, 6) is -3.46. The molecule has 578 valence electrons. The van der Waals surface area contributed by atoms with E-state index in [1.165, 1.54) is 6.92 Å². The Morgan fingerprint density at radius 3 is 1.17 bits per heavy atom. The maximum atomic E-state index is 13.4. The van der Waals surface area contributed by atoms with Crippen LogP contribution in [-0.2, 0) is 90.2 Å². The predicted octanol–water partition coefficient (Wildman–Crippen LogP) is -16.8. The lowest BCUT2D eigenvalue weighted by atomic mass is 9.93. The number of ether oxygens (including phenoxy) is 15. The molecule has 44 heteroatoms. The first-order valence-electron chi connectivity index (χ1n) is 32.0. The quantitative estimate of drug-likeness (QED) is 0.0404. The highest BCUT2D eigenvalue weighted by molar-refractivity contribution is 5.74. The molecule has 25 N–H and O–H groups in total. The lowest BCUT2D eigenvalue weighted by molar-refractivity contribution is -0.401. The van der Waals surface area contributed by atoms with Gasteiger partial charge in [0.2, 0.25) is 23.6 Å². The van der Waals surface area contributed by atoms with E-state index in [-0.39, 0.29) is 0 Å². The van der Waals surface area contributed by atoms with Crippen molar-refractivity contribution in [1.82, 2.24) is 21.3 Å². The zero-order valence-electron chi connectivity index (χ0n) is 54.2. The number of rotatable bonds is 25. The highest BCUT2D eigenvalue weighted by atomic mass is 16.8. The van der Waals surface area contributed by atoms with Crippen molar-refractivity contribution >= 4 is 23.6 Å². The van der Waals surface area contributed by atoms with Crippen molar-refractivity contribution in [2.45, 2.75) is 280 Å². The zero-order chi connectivity index (χ0) is 73.8. The summed E-state index contributed by atoms with van der Waals surface area (Å²) >= 11 is 0. The number of nitrogens with one attached hydrogen (secondary N) is 4. The molecule has 8 aliphatic rings. The van der Waals surface area contributed by atoms with E-state index < -0.39 is 315 Å². The summed E-state index contributed by atoms with van der Waals surface area (Å²) < 4.78 is 89.6. The topological polar surface area (TPSA) is 680 Å². The fourth-order valence-corrected chi connectivity index (χ4v) is 12.9. The van der Waals surface area contributed by atoms with Gasteiger partial charge in [-0.1, -0.05) is 0 Å². The van der Waals surface area contributed by atoms with Gasteiger partial charge in [0.25, 0.3) is 0 Å². The van der Waals surface area contributed by atoms with Crippen LogP contribution in [0.1, 0.15) is 34.6 Å². The Hall–Kier alpha value is -3.56. The van der Waals surface area contributed by atoms with Crippen LogP contribution in [0.25, 0.3) is 0 Å². The van der Waals surface area contributed by atoms with Crippen LogP contribution < -0.4 is 21.3 Å². The molecule has 0 bridgehead atoms. The minimum atomic E-state index is -2.49. The average Bonchev–Trinajstić information content (AvgIpc) is 0.674.